The second kappa shape index (κ2) is 8.66. The van der Waals surface area contributed by atoms with Crippen LogP contribution in [0.25, 0.3) is 0 Å². The van der Waals surface area contributed by atoms with Crippen molar-refractivity contribution in [3.8, 4) is 5.75 Å². The second-order valence-electron chi connectivity index (χ2n) is 5.48. The van der Waals surface area contributed by atoms with E-state index in [1.807, 2.05) is 13.0 Å². The number of hydrogen-bond acceptors (Lipinski definition) is 2. The maximum Gasteiger partial charge on any atom is 0.279 e. The van der Waals surface area contributed by atoms with Crippen LogP contribution in [0.3, 0.4) is 0 Å². The molecule has 0 aliphatic heterocycles. The summed E-state index contributed by atoms with van der Waals surface area (Å²) in [5, 5.41) is 3.40. The van der Waals surface area contributed by atoms with Gasteiger partial charge >= 0.3 is 0 Å². The third-order valence-electron chi connectivity index (χ3n) is 3.69. The van der Waals surface area contributed by atoms with Crippen molar-refractivity contribution in [3.63, 3.8) is 0 Å². The van der Waals surface area contributed by atoms with E-state index in [2.05, 4.69) is 5.32 Å². The molecule has 0 fully saturated rings. The van der Waals surface area contributed by atoms with Gasteiger partial charge in [-0.3, -0.25) is 4.79 Å². The quantitative estimate of drug-likeness (QED) is 0.805. The SMILES string of the molecule is CC[NH+](CC(=O)Nc1cccc(Cl)c1)Cc1ccc(OC)c(F)c1. The molecule has 0 aliphatic rings. The Morgan fingerprint density at radius 3 is 2.71 bits per heavy atom. The van der Waals surface area contributed by atoms with E-state index in [0.717, 1.165) is 17.0 Å². The number of benzene rings is 2. The molecule has 0 spiro atoms. The molecule has 0 heterocycles. The van der Waals surface area contributed by atoms with Crippen molar-refractivity contribution in [1.82, 2.24) is 0 Å². The first-order chi connectivity index (χ1) is 11.5. The Kier molecular flexibility index (Phi) is 6.58. The lowest BCUT2D eigenvalue weighted by Gasteiger charge is -2.17. The Labute approximate surface area is 146 Å². The Balaban J connectivity index is 1.96. The summed E-state index contributed by atoms with van der Waals surface area (Å²) in [7, 11) is 1.43. The highest BCUT2D eigenvalue weighted by atomic mass is 35.5. The highest BCUT2D eigenvalue weighted by Crippen LogP contribution is 2.17. The number of quaternary nitrogens is 1. The molecule has 0 aliphatic carbocycles. The number of methoxy groups -OCH3 is 1. The summed E-state index contributed by atoms with van der Waals surface area (Å²) in [6.07, 6.45) is 0. The van der Waals surface area contributed by atoms with Gasteiger partial charge in [0.25, 0.3) is 5.91 Å². The number of anilines is 1. The number of nitrogens with one attached hydrogen (secondary N) is 2. The van der Waals surface area contributed by atoms with Gasteiger partial charge in [-0.05, 0) is 43.3 Å². The molecule has 24 heavy (non-hydrogen) atoms. The van der Waals surface area contributed by atoms with Crippen molar-refractivity contribution >= 4 is 23.2 Å². The molecule has 0 bridgehead atoms. The first-order valence-electron chi connectivity index (χ1n) is 7.73. The van der Waals surface area contributed by atoms with E-state index in [4.69, 9.17) is 16.3 Å². The van der Waals surface area contributed by atoms with Crippen molar-refractivity contribution in [2.24, 2.45) is 0 Å². The van der Waals surface area contributed by atoms with E-state index in [-0.39, 0.29) is 18.2 Å². The van der Waals surface area contributed by atoms with Crippen molar-refractivity contribution in [2.45, 2.75) is 13.5 Å². The van der Waals surface area contributed by atoms with Gasteiger partial charge in [0.2, 0.25) is 0 Å². The van der Waals surface area contributed by atoms with E-state index >= 15 is 0 Å². The molecule has 1 amide bonds. The number of likely N-dealkylation sites (N-methyl/N-ethyl adjacent to an activating group) is 1. The molecule has 128 valence electrons. The maximum absolute atomic E-state index is 13.8. The van der Waals surface area contributed by atoms with E-state index in [1.54, 1.807) is 30.3 Å². The summed E-state index contributed by atoms with van der Waals surface area (Å²) in [6, 6.07) is 11.9. The zero-order valence-electron chi connectivity index (χ0n) is 13.7. The first kappa shape index (κ1) is 18.2. The van der Waals surface area contributed by atoms with Gasteiger partial charge in [0.05, 0.1) is 13.7 Å². The highest BCUT2D eigenvalue weighted by Gasteiger charge is 2.15. The smallest absolute Gasteiger partial charge is 0.279 e. The molecule has 6 heteroatoms. The largest absolute Gasteiger partial charge is 0.494 e. The van der Waals surface area contributed by atoms with Crippen LogP contribution in [0, 0.1) is 5.82 Å². The summed E-state index contributed by atoms with van der Waals surface area (Å²) < 4.78 is 18.7. The Bertz CT molecular complexity index is 709. The molecule has 0 radical (unpaired) electrons. The van der Waals surface area contributed by atoms with Crippen LogP contribution in [-0.4, -0.2) is 26.1 Å². The number of halogens is 2. The van der Waals surface area contributed by atoms with Crippen LogP contribution in [0.1, 0.15) is 12.5 Å². The zero-order valence-corrected chi connectivity index (χ0v) is 14.5. The third-order valence-corrected chi connectivity index (χ3v) is 3.92. The van der Waals surface area contributed by atoms with Crippen LogP contribution in [0.15, 0.2) is 42.5 Å². The molecule has 2 rings (SSSR count). The monoisotopic (exact) mass is 351 g/mol. The van der Waals surface area contributed by atoms with Gasteiger partial charge in [0.15, 0.2) is 18.1 Å². The van der Waals surface area contributed by atoms with Crippen molar-refractivity contribution in [2.75, 3.05) is 25.5 Å². The van der Waals surface area contributed by atoms with Gasteiger partial charge in [0, 0.05) is 16.3 Å². The van der Waals surface area contributed by atoms with E-state index < -0.39 is 5.82 Å². The number of hydrogen-bond donors (Lipinski definition) is 2. The average molecular weight is 352 g/mol. The standard InChI is InChI=1S/C18H20ClFN2O2/c1-3-22(11-13-7-8-17(24-2)16(20)9-13)12-18(23)21-15-6-4-5-14(19)10-15/h4-10H,3,11-12H2,1-2H3,(H,21,23)/p+1. The predicted molar refractivity (Wildman–Crippen MR) is 93.1 cm³/mol. The minimum Gasteiger partial charge on any atom is -0.494 e. The second-order valence-corrected chi connectivity index (χ2v) is 5.92. The normalized spacial score (nSPS) is 11.8. The number of carbonyl (C=O) groups excluding carboxylic acids is 1. The Morgan fingerprint density at radius 1 is 1.29 bits per heavy atom. The first-order valence-corrected chi connectivity index (χ1v) is 8.11. The number of amides is 1. The molecule has 4 nitrogen and oxygen atoms in total. The Hall–Kier alpha value is -2.11. The highest BCUT2D eigenvalue weighted by molar-refractivity contribution is 6.30. The lowest BCUT2D eigenvalue weighted by molar-refractivity contribution is -0.903. The number of carbonyl (C=O) groups is 1. The summed E-state index contributed by atoms with van der Waals surface area (Å²) in [6.45, 7) is 3.58. The van der Waals surface area contributed by atoms with Crippen molar-refractivity contribution in [3.05, 3.63) is 58.9 Å². The van der Waals surface area contributed by atoms with Gasteiger partial charge in [0.1, 0.15) is 6.54 Å². The fraction of sp³-hybridized carbons (Fsp3) is 0.278. The van der Waals surface area contributed by atoms with Crippen molar-refractivity contribution < 1.29 is 18.8 Å². The third kappa shape index (κ3) is 5.22. The molecule has 2 aromatic rings. The predicted octanol–water partition coefficient (Wildman–Crippen LogP) is 2.53. The van der Waals surface area contributed by atoms with Gasteiger partial charge in [-0.2, -0.15) is 0 Å². The molecule has 2 aromatic carbocycles. The summed E-state index contributed by atoms with van der Waals surface area (Å²) in [5.41, 5.74) is 1.49. The lowest BCUT2D eigenvalue weighted by atomic mass is 10.2. The molecule has 1 atom stereocenters. The zero-order chi connectivity index (χ0) is 17.5. The minimum absolute atomic E-state index is 0.108. The summed E-state index contributed by atoms with van der Waals surface area (Å²) in [4.78, 5) is 13.2. The van der Waals surface area contributed by atoms with Gasteiger partial charge in [-0.25, -0.2) is 4.39 Å². The molecule has 0 aromatic heterocycles. The maximum atomic E-state index is 13.8. The van der Waals surface area contributed by atoms with Gasteiger partial charge < -0.3 is 15.0 Å². The fourth-order valence-corrected chi connectivity index (χ4v) is 2.61. The van der Waals surface area contributed by atoms with E-state index in [1.165, 1.54) is 13.2 Å². The Morgan fingerprint density at radius 2 is 2.08 bits per heavy atom. The number of ether oxygens (including phenoxy) is 1. The van der Waals surface area contributed by atoms with Crippen LogP contribution in [0.5, 0.6) is 5.75 Å². The van der Waals surface area contributed by atoms with Gasteiger partial charge in [-0.15, -0.1) is 0 Å². The van der Waals surface area contributed by atoms with Crippen LogP contribution in [-0.2, 0) is 11.3 Å². The molecule has 1 unspecified atom stereocenters. The fourth-order valence-electron chi connectivity index (χ4n) is 2.42. The molecule has 0 saturated carbocycles. The van der Waals surface area contributed by atoms with Crippen LogP contribution in [0.4, 0.5) is 10.1 Å². The molecule has 2 N–H and O–H groups in total. The van der Waals surface area contributed by atoms with Crippen LogP contribution in [0.2, 0.25) is 5.02 Å². The number of rotatable bonds is 7. The molecular weight excluding hydrogens is 331 g/mol. The molecular formula is C18H21ClFN2O2+. The molecule has 0 saturated heterocycles. The summed E-state index contributed by atoms with van der Waals surface area (Å²) in [5.74, 6) is -0.285. The van der Waals surface area contributed by atoms with Crippen LogP contribution >= 0.6 is 11.6 Å². The summed E-state index contributed by atoms with van der Waals surface area (Å²) >= 11 is 5.91. The van der Waals surface area contributed by atoms with Crippen molar-refractivity contribution in [1.29, 1.82) is 0 Å². The van der Waals surface area contributed by atoms with Gasteiger partial charge in [-0.1, -0.05) is 17.7 Å². The lowest BCUT2D eigenvalue weighted by Crippen LogP contribution is -3.11. The van der Waals surface area contributed by atoms with E-state index in [9.17, 15) is 9.18 Å². The topological polar surface area (TPSA) is 42.8 Å². The van der Waals surface area contributed by atoms with E-state index in [0.29, 0.717) is 17.3 Å². The average Bonchev–Trinajstić information content (AvgIpc) is 2.54. The minimum atomic E-state index is -0.395. The van der Waals surface area contributed by atoms with Crippen LogP contribution < -0.4 is 15.0 Å².